The summed E-state index contributed by atoms with van der Waals surface area (Å²) in [6.45, 7) is 2.36. The molecule has 0 unspecified atom stereocenters. The lowest BCUT2D eigenvalue weighted by Crippen LogP contribution is -2.40. The first kappa shape index (κ1) is 16.9. The maximum atomic E-state index is 13.7. The molecule has 1 fully saturated rings. The third-order valence-electron chi connectivity index (χ3n) is 3.89. The molecule has 1 heterocycles. The van der Waals surface area contributed by atoms with Crippen LogP contribution in [0.5, 0.6) is 0 Å². The molecule has 1 aromatic carbocycles. The van der Waals surface area contributed by atoms with Gasteiger partial charge in [0.1, 0.15) is 11.6 Å². The van der Waals surface area contributed by atoms with E-state index in [0.29, 0.717) is 32.0 Å². The number of nitrogens with two attached hydrogens (primary N) is 1. The zero-order valence-corrected chi connectivity index (χ0v) is 12.6. The summed E-state index contributed by atoms with van der Waals surface area (Å²) in [6, 6.07) is 1.39. The van der Waals surface area contributed by atoms with Gasteiger partial charge in [-0.05, 0) is 18.9 Å². The molecule has 0 aliphatic carbocycles. The van der Waals surface area contributed by atoms with Crippen LogP contribution in [0.2, 0.25) is 0 Å². The van der Waals surface area contributed by atoms with Crippen molar-refractivity contribution in [1.29, 1.82) is 0 Å². The molecule has 0 spiro atoms. The molecule has 0 radical (unpaired) electrons. The summed E-state index contributed by atoms with van der Waals surface area (Å²) < 4.78 is 27.1. The maximum Gasteiger partial charge on any atom is 0.251 e. The number of carbonyl (C=O) groups is 3. The highest BCUT2D eigenvalue weighted by atomic mass is 19.1. The lowest BCUT2D eigenvalue weighted by Gasteiger charge is -2.30. The quantitative estimate of drug-likeness (QED) is 0.876. The summed E-state index contributed by atoms with van der Waals surface area (Å²) in [7, 11) is 0. The fourth-order valence-corrected chi connectivity index (χ4v) is 2.52. The van der Waals surface area contributed by atoms with Gasteiger partial charge in [0.2, 0.25) is 11.8 Å². The van der Waals surface area contributed by atoms with Crippen LogP contribution in [0.3, 0.4) is 0 Å². The molecule has 0 saturated carbocycles. The summed E-state index contributed by atoms with van der Waals surface area (Å²) in [5.41, 5.74) is 4.21. The molecule has 0 aromatic heterocycles. The lowest BCUT2D eigenvalue weighted by molar-refractivity contribution is -0.132. The van der Waals surface area contributed by atoms with Gasteiger partial charge >= 0.3 is 0 Å². The van der Waals surface area contributed by atoms with Crippen LogP contribution in [0.4, 0.5) is 14.5 Å². The normalized spacial score (nSPS) is 15.3. The minimum atomic E-state index is -1.08. The number of carbonyl (C=O) groups excluding carboxylic acids is 3. The molecular weight excluding hydrogens is 308 g/mol. The van der Waals surface area contributed by atoms with Crippen molar-refractivity contribution < 1.29 is 23.2 Å². The predicted molar refractivity (Wildman–Crippen MR) is 78.5 cm³/mol. The van der Waals surface area contributed by atoms with E-state index in [-0.39, 0.29) is 17.5 Å². The van der Waals surface area contributed by atoms with Crippen molar-refractivity contribution in [2.24, 2.45) is 11.7 Å². The molecule has 1 aromatic rings. The highest BCUT2D eigenvalue weighted by molar-refractivity contribution is 5.97. The van der Waals surface area contributed by atoms with Crippen LogP contribution in [-0.4, -0.2) is 35.7 Å². The van der Waals surface area contributed by atoms with Crippen LogP contribution in [0.25, 0.3) is 0 Å². The van der Waals surface area contributed by atoms with Gasteiger partial charge in [-0.1, -0.05) is 0 Å². The molecule has 1 saturated heterocycles. The minimum Gasteiger partial charge on any atom is -0.366 e. The molecular formula is C15H17F2N3O3. The molecule has 0 atom stereocenters. The topological polar surface area (TPSA) is 92.5 Å². The number of anilines is 1. The Balaban J connectivity index is 2.08. The fraction of sp³-hybridized carbons (Fsp3) is 0.400. The van der Waals surface area contributed by atoms with Crippen molar-refractivity contribution in [3.05, 3.63) is 29.3 Å². The third kappa shape index (κ3) is 3.82. The Kier molecular flexibility index (Phi) is 4.92. The Morgan fingerprint density at radius 3 is 2.30 bits per heavy atom. The molecule has 1 aliphatic rings. The number of piperidine rings is 1. The van der Waals surface area contributed by atoms with E-state index in [9.17, 15) is 23.2 Å². The number of nitrogens with one attached hydrogen (secondary N) is 1. The van der Waals surface area contributed by atoms with Crippen LogP contribution in [0.15, 0.2) is 12.1 Å². The maximum absolute atomic E-state index is 13.7. The lowest BCUT2D eigenvalue weighted by atomic mass is 9.95. The van der Waals surface area contributed by atoms with E-state index in [1.165, 1.54) is 6.92 Å². The molecule has 6 nitrogen and oxygen atoms in total. The molecule has 3 amide bonds. The van der Waals surface area contributed by atoms with Crippen molar-refractivity contribution in [3.8, 4) is 0 Å². The summed E-state index contributed by atoms with van der Waals surface area (Å²) in [6.07, 6.45) is 0.911. The third-order valence-corrected chi connectivity index (χ3v) is 3.89. The smallest absolute Gasteiger partial charge is 0.251 e. The van der Waals surface area contributed by atoms with E-state index in [2.05, 4.69) is 5.32 Å². The van der Waals surface area contributed by atoms with E-state index in [4.69, 9.17) is 5.73 Å². The second-order valence-corrected chi connectivity index (χ2v) is 5.45. The predicted octanol–water partition coefficient (Wildman–Crippen LogP) is 1.26. The molecule has 0 bridgehead atoms. The molecule has 1 aliphatic heterocycles. The summed E-state index contributed by atoms with van der Waals surface area (Å²) in [5, 5.41) is 2.35. The SMILES string of the molecule is CC(=O)N1CCC(C(=O)Nc2cc(C(N)=O)c(F)cc2F)CC1. The molecule has 3 N–H and O–H groups in total. The van der Waals surface area contributed by atoms with Crippen molar-refractivity contribution in [1.82, 2.24) is 4.90 Å². The second-order valence-electron chi connectivity index (χ2n) is 5.45. The van der Waals surface area contributed by atoms with Crippen LogP contribution in [-0.2, 0) is 9.59 Å². The van der Waals surface area contributed by atoms with Gasteiger partial charge in [-0.2, -0.15) is 0 Å². The molecule has 23 heavy (non-hydrogen) atoms. The Morgan fingerprint density at radius 1 is 1.17 bits per heavy atom. The number of likely N-dealkylation sites (tertiary alicyclic amines) is 1. The molecule has 8 heteroatoms. The number of nitrogens with zero attached hydrogens (tertiary/aromatic N) is 1. The van der Waals surface area contributed by atoms with E-state index >= 15 is 0 Å². The number of rotatable bonds is 3. The van der Waals surface area contributed by atoms with Crippen LogP contribution < -0.4 is 11.1 Å². The van der Waals surface area contributed by atoms with E-state index in [1.807, 2.05) is 0 Å². The van der Waals surface area contributed by atoms with Gasteiger partial charge in [0.05, 0.1) is 11.3 Å². The Morgan fingerprint density at radius 2 is 1.78 bits per heavy atom. The Bertz CT molecular complexity index is 656. The zero-order valence-electron chi connectivity index (χ0n) is 12.6. The summed E-state index contributed by atoms with van der Waals surface area (Å²) >= 11 is 0. The van der Waals surface area contributed by atoms with Crippen LogP contribution >= 0.6 is 0 Å². The van der Waals surface area contributed by atoms with E-state index in [1.54, 1.807) is 4.90 Å². The van der Waals surface area contributed by atoms with Gasteiger partial charge < -0.3 is 16.0 Å². The Hall–Kier alpha value is -2.51. The van der Waals surface area contributed by atoms with Crippen LogP contribution in [0, 0.1) is 17.6 Å². The molecule has 124 valence electrons. The number of hydrogen-bond acceptors (Lipinski definition) is 3. The Labute approximate surface area is 131 Å². The van der Waals surface area contributed by atoms with Crippen molar-refractivity contribution in [3.63, 3.8) is 0 Å². The van der Waals surface area contributed by atoms with Crippen molar-refractivity contribution in [2.75, 3.05) is 18.4 Å². The minimum absolute atomic E-state index is 0.0560. The fourth-order valence-electron chi connectivity index (χ4n) is 2.52. The average molecular weight is 325 g/mol. The van der Waals surface area contributed by atoms with Gasteiger partial charge in [0.25, 0.3) is 5.91 Å². The number of benzene rings is 1. The van der Waals surface area contributed by atoms with E-state index < -0.39 is 29.0 Å². The standard InChI is InChI=1S/C15H17F2N3O3/c1-8(21)20-4-2-9(3-5-20)15(23)19-13-6-10(14(18)22)11(16)7-12(13)17/h6-7,9H,2-5H2,1H3,(H2,18,22)(H,19,23). The second kappa shape index (κ2) is 6.72. The first-order chi connectivity index (χ1) is 10.8. The number of amides is 3. The van der Waals surface area contributed by atoms with Gasteiger partial charge in [-0.15, -0.1) is 0 Å². The highest BCUT2D eigenvalue weighted by Gasteiger charge is 2.27. The summed E-state index contributed by atoms with van der Waals surface area (Å²) in [4.78, 5) is 36.1. The summed E-state index contributed by atoms with van der Waals surface area (Å²) in [5.74, 6) is -3.99. The average Bonchev–Trinajstić information content (AvgIpc) is 2.49. The van der Waals surface area contributed by atoms with Gasteiger partial charge in [0, 0.05) is 32.0 Å². The van der Waals surface area contributed by atoms with Gasteiger partial charge in [0.15, 0.2) is 0 Å². The molecule has 2 rings (SSSR count). The van der Waals surface area contributed by atoms with E-state index in [0.717, 1.165) is 6.07 Å². The number of primary amides is 1. The first-order valence-electron chi connectivity index (χ1n) is 7.14. The van der Waals surface area contributed by atoms with Gasteiger partial charge in [-0.3, -0.25) is 14.4 Å². The first-order valence-corrected chi connectivity index (χ1v) is 7.14. The monoisotopic (exact) mass is 325 g/mol. The number of hydrogen-bond donors (Lipinski definition) is 2. The number of halogens is 2. The largest absolute Gasteiger partial charge is 0.366 e. The zero-order chi connectivity index (χ0) is 17.1. The van der Waals surface area contributed by atoms with Crippen LogP contribution in [0.1, 0.15) is 30.1 Å². The highest BCUT2D eigenvalue weighted by Crippen LogP contribution is 2.23. The van der Waals surface area contributed by atoms with Gasteiger partial charge in [-0.25, -0.2) is 8.78 Å². The van der Waals surface area contributed by atoms with Crippen molar-refractivity contribution in [2.45, 2.75) is 19.8 Å². The van der Waals surface area contributed by atoms with Crippen molar-refractivity contribution >= 4 is 23.4 Å².